The molecule has 0 saturated carbocycles. The average molecular weight is 454 g/mol. The van der Waals surface area contributed by atoms with E-state index in [0.29, 0.717) is 22.9 Å². The van der Waals surface area contributed by atoms with Gasteiger partial charge < -0.3 is 5.32 Å². The lowest BCUT2D eigenvalue weighted by atomic mass is 10.2. The summed E-state index contributed by atoms with van der Waals surface area (Å²) < 4.78 is 28.1. The molecule has 2 aromatic carbocycles. The van der Waals surface area contributed by atoms with Gasteiger partial charge in [-0.25, -0.2) is 8.42 Å². The maximum Gasteiger partial charge on any atom is 0.308 e. The fraction of sp³-hybridized carbons (Fsp3) is 0.263. The van der Waals surface area contributed by atoms with E-state index in [1.165, 1.54) is 13.0 Å². The predicted octanol–water partition coefficient (Wildman–Crippen LogP) is 3.53. The second-order valence-corrected chi connectivity index (χ2v) is 9.79. The quantitative estimate of drug-likeness (QED) is 0.618. The summed E-state index contributed by atoms with van der Waals surface area (Å²) >= 11 is 7.08. The van der Waals surface area contributed by atoms with Crippen molar-refractivity contribution in [1.29, 1.82) is 0 Å². The molecule has 10 heteroatoms. The van der Waals surface area contributed by atoms with Crippen LogP contribution in [0.15, 0.2) is 47.3 Å². The third-order valence-corrected chi connectivity index (χ3v) is 6.82. The monoisotopic (exact) mass is 453 g/mol. The highest BCUT2D eigenvalue weighted by molar-refractivity contribution is 7.92. The van der Waals surface area contributed by atoms with Crippen molar-refractivity contribution in [3.63, 3.8) is 0 Å². The standard InChI is InChI=1S/C19H20ClN3O4S2/c1-4-22-16-9-8-14(11-17(16)28-19(22)25)21-18(24)12(2)23(29(3,26)27)15-7-5-6-13(20)10-15/h5-12H,4H2,1-3H3,(H,21,24)/t12-/m1/s1. The number of nitrogens with zero attached hydrogens (tertiary/aromatic N) is 2. The topological polar surface area (TPSA) is 88.5 Å². The van der Waals surface area contributed by atoms with Gasteiger partial charge in [0.15, 0.2) is 0 Å². The van der Waals surface area contributed by atoms with Crippen LogP contribution in [-0.4, -0.2) is 31.2 Å². The summed E-state index contributed by atoms with van der Waals surface area (Å²) in [7, 11) is -3.74. The third-order valence-electron chi connectivity index (χ3n) is 4.40. The number of amides is 1. The Bertz CT molecular complexity index is 1230. The van der Waals surface area contributed by atoms with Crippen LogP contribution in [0.3, 0.4) is 0 Å². The number of aromatic nitrogens is 1. The highest BCUT2D eigenvalue weighted by atomic mass is 35.5. The van der Waals surface area contributed by atoms with Gasteiger partial charge in [-0.2, -0.15) is 0 Å². The molecule has 0 fully saturated rings. The molecule has 1 aromatic heterocycles. The second kappa shape index (κ2) is 8.17. The highest BCUT2D eigenvalue weighted by Gasteiger charge is 2.29. The molecule has 1 atom stereocenters. The number of carbonyl (C=O) groups excluding carboxylic acids is 1. The summed E-state index contributed by atoms with van der Waals surface area (Å²) in [5.41, 5.74) is 1.58. The van der Waals surface area contributed by atoms with E-state index in [1.807, 2.05) is 6.92 Å². The number of aryl methyl sites for hydroxylation is 1. The lowest BCUT2D eigenvalue weighted by molar-refractivity contribution is -0.116. The Hall–Kier alpha value is -2.36. The molecule has 0 bridgehead atoms. The molecule has 0 radical (unpaired) electrons. The minimum Gasteiger partial charge on any atom is -0.324 e. The number of hydrogen-bond acceptors (Lipinski definition) is 5. The Morgan fingerprint density at radius 1 is 1.28 bits per heavy atom. The summed E-state index contributed by atoms with van der Waals surface area (Å²) in [5.74, 6) is -0.503. The first-order valence-electron chi connectivity index (χ1n) is 8.81. The zero-order valence-corrected chi connectivity index (χ0v) is 18.4. The van der Waals surface area contributed by atoms with Crippen molar-refractivity contribution in [3.05, 3.63) is 57.2 Å². The lowest BCUT2D eigenvalue weighted by Crippen LogP contribution is -2.45. The van der Waals surface area contributed by atoms with Crippen LogP contribution < -0.4 is 14.5 Å². The first kappa shape index (κ1) is 21.4. The van der Waals surface area contributed by atoms with Crippen LogP contribution in [0.5, 0.6) is 0 Å². The fourth-order valence-corrected chi connectivity index (χ4v) is 5.46. The van der Waals surface area contributed by atoms with Crippen LogP contribution in [0.2, 0.25) is 5.02 Å². The number of hydrogen-bond donors (Lipinski definition) is 1. The smallest absolute Gasteiger partial charge is 0.308 e. The zero-order chi connectivity index (χ0) is 21.3. The minimum absolute atomic E-state index is 0.0662. The zero-order valence-electron chi connectivity index (χ0n) is 16.0. The van der Waals surface area contributed by atoms with Crippen molar-refractivity contribution in [2.24, 2.45) is 0 Å². The molecule has 3 aromatic rings. The number of thiazole rings is 1. The molecule has 0 spiro atoms. The van der Waals surface area contributed by atoms with Crippen LogP contribution >= 0.6 is 22.9 Å². The molecule has 0 aliphatic rings. The fourth-order valence-electron chi connectivity index (χ4n) is 3.11. The van der Waals surface area contributed by atoms with Crippen LogP contribution in [0.1, 0.15) is 13.8 Å². The molecule has 154 valence electrons. The summed E-state index contributed by atoms with van der Waals surface area (Å²) in [6.07, 6.45) is 1.04. The molecule has 29 heavy (non-hydrogen) atoms. The normalized spacial score (nSPS) is 12.7. The van der Waals surface area contributed by atoms with Crippen LogP contribution in [0, 0.1) is 0 Å². The number of fused-ring (bicyclic) bond motifs is 1. The number of benzene rings is 2. The van der Waals surface area contributed by atoms with E-state index >= 15 is 0 Å². The van der Waals surface area contributed by atoms with E-state index in [4.69, 9.17) is 11.6 Å². The van der Waals surface area contributed by atoms with Crippen LogP contribution in [-0.2, 0) is 21.4 Å². The van der Waals surface area contributed by atoms with Crippen molar-refractivity contribution >= 4 is 60.5 Å². The summed E-state index contributed by atoms with van der Waals surface area (Å²) in [4.78, 5) is 24.7. The number of anilines is 2. The number of halogens is 1. The van der Waals surface area contributed by atoms with E-state index in [0.717, 1.165) is 32.1 Å². The Labute approximate surface area is 177 Å². The molecule has 0 aliphatic heterocycles. The Morgan fingerprint density at radius 2 is 2.00 bits per heavy atom. The molecule has 3 rings (SSSR count). The molecular weight excluding hydrogens is 434 g/mol. The maximum absolute atomic E-state index is 12.8. The van der Waals surface area contributed by atoms with Crippen molar-refractivity contribution in [2.75, 3.05) is 15.9 Å². The van der Waals surface area contributed by atoms with E-state index in [9.17, 15) is 18.0 Å². The summed E-state index contributed by atoms with van der Waals surface area (Å²) in [6, 6.07) is 10.5. The van der Waals surface area contributed by atoms with Gasteiger partial charge in [0, 0.05) is 17.3 Å². The Balaban J connectivity index is 1.90. The van der Waals surface area contributed by atoms with Gasteiger partial charge in [0.2, 0.25) is 15.9 Å². The maximum atomic E-state index is 12.8. The van der Waals surface area contributed by atoms with Gasteiger partial charge in [-0.05, 0) is 50.2 Å². The van der Waals surface area contributed by atoms with Gasteiger partial charge in [-0.3, -0.25) is 18.5 Å². The SMILES string of the molecule is CCn1c(=O)sc2cc(NC(=O)[C@@H](C)N(c3cccc(Cl)c3)S(C)(=O)=O)ccc21. The first-order valence-corrected chi connectivity index (χ1v) is 11.9. The number of sulfonamides is 1. The van der Waals surface area contributed by atoms with Gasteiger partial charge in [0.1, 0.15) is 6.04 Å². The van der Waals surface area contributed by atoms with Gasteiger partial charge >= 0.3 is 4.87 Å². The second-order valence-electron chi connectivity index (χ2n) is 6.50. The van der Waals surface area contributed by atoms with Crippen molar-refractivity contribution in [1.82, 2.24) is 4.57 Å². The number of rotatable bonds is 6. The minimum atomic E-state index is -3.74. The molecule has 0 unspecified atom stereocenters. The highest BCUT2D eigenvalue weighted by Crippen LogP contribution is 2.26. The van der Waals surface area contributed by atoms with E-state index in [1.54, 1.807) is 41.0 Å². The number of nitrogens with one attached hydrogen (secondary N) is 1. The molecule has 0 saturated heterocycles. The Kier molecular flexibility index (Phi) is 6.02. The average Bonchev–Trinajstić information content (AvgIpc) is 2.94. The van der Waals surface area contributed by atoms with Crippen molar-refractivity contribution < 1.29 is 13.2 Å². The lowest BCUT2D eigenvalue weighted by Gasteiger charge is -2.28. The van der Waals surface area contributed by atoms with E-state index in [-0.39, 0.29) is 4.87 Å². The summed E-state index contributed by atoms with van der Waals surface area (Å²) in [6.45, 7) is 3.95. The van der Waals surface area contributed by atoms with Gasteiger partial charge in [-0.15, -0.1) is 0 Å². The molecule has 1 amide bonds. The largest absolute Gasteiger partial charge is 0.324 e. The predicted molar refractivity (Wildman–Crippen MR) is 119 cm³/mol. The number of carbonyl (C=O) groups is 1. The molecule has 7 nitrogen and oxygen atoms in total. The molecule has 0 aliphatic carbocycles. The first-order chi connectivity index (χ1) is 13.6. The van der Waals surface area contributed by atoms with Gasteiger partial charge in [0.25, 0.3) is 0 Å². The van der Waals surface area contributed by atoms with Crippen LogP contribution in [0.25, 0.3) is 10.2 Å². The summed E-state index contributed by atoms with van der Waals surface area (Å²) in [5, 5.41) is 3.10. The van der Waals surface area contributed by atoms with Crippen molar-refractivity contribution in [2.45, 2.75) is 26.4 Å². The molecule has 1 N–H and O–H groups in total. The third kappa shape index (κ3) is 4.47. The van der Waals surface area contributed by atoms with Crippen molar-refractivity contribution in [3.8, 4) is 0 Å². The van der Waals surface area contributed by atoms with Crippen LogP contribution in [0.4, 0.5) is 11.4 Å². The van der Waals surface area contributed by atoms with E-state index in [2.05, 4.69) is 5.32 Å². The molecular formula is C19H20ClN3O4S2. The van der Waals surface area contributed by atoms with E-state index < -0.39 is 22.0 Å². The van der Waals surface area contributed by atoms with Gasteiger partial charge in [-0.1, -0.05) is 29.0 Å². The molecule has 1 heterocycles. The van der Waals surface area contributed by atoms with Gasteiger partial charge in [0.05, 0.1) is 22.2 Å². The Morgan fingerprint density at radius 3 is 2.62 bits per heavy atom.